The number of furan rings is 1. The van der Waals surface area contributed by atoms with Crippen molar-refractivity contribution in [2.75, 3.05) is 0 Å². The highest BCUT2D eigenvalue weighted by molar-refractivity contribution is 6.19. The molecule has 218 valence electrons. The summed E-state index contributed by atoms with van der Waals surface area (Å²) < 4.78 is 15.1. The molecule has 1 aliphatic rings. The molecule has 0 unspecified atom stereocenters. The minimum absolute atomic E-state index is 0.606. The average molecular weight is 602 g/mol. The number of hydrogen-bond donors (Lipinski definition) is 0. The van der Waals surface area contributed by atoms with Gasteiger partial charge < -0.3 is 9.15 Å². The van der Waals surface area contributed by atoms with Crippen molar-refractivity contribution in [3.63, 3.8) is 0 Å². The van der Waals surface area contributed by atoms with Crippen molar-refractivity contribution in [3.8, 4) is 39.8 Å². The number of aromatic nitrogens is 3. The monoisotopic (exact) mass is 601 g/mol. The molecular weight excluding hydrogens is 578 g/mol. The molecule has 0 aliphatic carbocycles. The first kappa shape index (κ1) is 24.8. The minimum atomic E-state index is 0.606. The van der Waals surface area contributed by atoms with Crippen LogP contribution in [0.3, 0.4) is 0 Å². The first-order chi connectivity index (χ1) is 23.3. The van der Waals surface area contributed by atoms with Gasteiger partial charge in [0, 0.05) is 37.9 Å². The van der Waals surface area contributed by atoms with E-state index in [2.05, 4.69) is 108 Å². The Bertz CT molecular complexity index is 2950. The molecule has 0 atom stereocenters. The summed E-state index contributed by atoms with van der Waals surface area (Å²) in [5, 5.41) is 7.63. The summed E-state index contributed by atoms with van der Waals surface area (Å²) in [4.78, 5) is 10.7. The molecule has 0 spiro atoms. The number of ether oxygens (including phenoxy) is 1. The Kier molecular flexibility index (Phi) is 4.78. The van der Waals surface area contributed by atoms with Crippen LogP contribution in [0.5, 0.6) is 11.5 Å². The third kappa shape index (κ3) is 3.32. The maximum absolute atomic E-state index is 6.62. The van der Waals surface area contributed by atoms with Crippen molar-refractivity contribution >= 4 is 65.4 Å². The number of para-hydroxylation sites is 3. The molecular formula is C42H23N3O2. The first-order valence-corrected chi connectivity index (χ1v) is 15.8. The fourth-order valence-electron chi connectivity index (χ4n) is 7.65. The number of fused-ring (bicyclic) bond motifs is 10. The van der Waals surface area contributed by atoms with Gasteiger partial charge in [0.25, 0.3) is 0 Å². The summed E-state index contributed by atoms with van der Waals surface area (Å²) in [6.45, 7) is 0. The van der Waals surface area contributed by atoms with Gasteiger partial charge in [0.2, 0.25) is 5.95 Å². The third-order valence-corrected chi connectivity index (χ3v) is 9.60. The molecule has 1 aliphatic heterocycles. The second-order valence-corrected chi connectivity index (χ2v) is 12.1. The van der Waals surface area contributed by atoms with Gasteiger partial charge in [-0.15, -0.1) is 0 Å². The Morgan fingerprint density at radius 2 is 1.23 bits per heavy atom. The van der Waals surface area contributed by atoms with Gasteiger partial charge in [0.1, 0.15) is 22.7 Å². The largest absolute Gasteiger partial charge is 0.456 e. The lowest BCUT2D eigenvalue weighted by Gasteiger charge is -2.23. The lowest BCUT2D eigenvalue weighted by atomic mass is 9.93. The van der Waals surface area contributed by atoms with Crippen LogP contribution in [-0.4, -0.2) is 14.5 Å². The van der Waals surface area contributed by atoms with Crippen molar-refractivity contribution in [3.05, 3.63) is 140 Å². The van der Waals surface area contributed by atoms with E-state index in [0.717, 1.165) is 99.3 Å². The van der Waals surface area contributed by atoms with Gasteiger partial charge >= 0.3 is 0 Å². The summed E-state index contributed by atoms with van der Waals surface area (Å²) in [6, 6.07) is 48.2. The maximum Gasteiger partial charge on any atom is 0.235 e. The molecule has 10 aromatic rings. The predicted octanol–water partition coefficient (Wildman–Crippen LogP) is 11.2. The molecule has 0 bridgehead atoms. The fraction of sp³-hybridized carbons (Fsp3) is 0. The van der Waals surface area contributed by atoms with Gasteiger partial charge in [-0.2, -0.15) is 0 Å². The highest BCUT2D eigenvalue weighted by Gasteiger charge is 2.27. The van der Waals surface area contributed by atoms with Crippen LogP contribution in [0.2, 0.25) is 0 Å². The van der Waals surface area contributed by atoms with E-state index in [4.69, 9.17) is 19.1 Å². The van der Waals surface area contributed by atoms with Crippen LogP contribution in [0.15, 0.2) is 144 Å². The summed E-state index contributed by atoms with van der Waals surface area (Å²) in [5.41, 5.74) is 8.69. The zero-order chi connectivity index (χ0) is 30.6. The third-order valence-electron chi connectivity index (χ3n) is 9.60. The van der Waals surface area contributed by atoms with Gasteiger partial charge in [-0.1, -0.05) is 97.1 Å². The molecule has 7 aromatic carbocycles. The van der Waals surface area contributed by atoms with Gasteiger partial charge in [0.05, 0.1) is 27.8 Å². The number of rotatable bonds is 2. The van der Waals surface area contributed by atoms with Crippen LogP contribution in [0, 0.1) is 0 Å². The highest BCUT2D eigenvalue weighted by Crippen LogP contribution is 2.51. The quantitative estimate of drug-likeness (QED) is 0.198. The molecule has 11 rings (SSSR count). The molecule has 47 heavy (non-hydrogen) atoms. The smallest absolute Gasteiger partial charge is 0.235 e. The van der Waals surface area contributed by atoms with Gasteiger partial charge in [-0.25, -0.2) is 9.97 Å². The summed E-state index contributed by atoms with van der Waals surface area (Å²) in [5.74, 6) is 2.30. The van der Waals surface area contributed by atoms with Crippen LogP contribution in [0.4, 0.5) is 0 Å². The minimum Gasteiger partial charge on any atom is -0.456 e. The van der Waals surface area contributed by atoms with Crippen LogP contribution in [-0.2, 0) is 0 Å². The van der Waals surface area contributed by atoms with Gasteiger partial charge in [-0.05, 0) is 53.4 Å². The van der Waals surface area contributed by atoms with E-state index in [1.54, 1.807) is 0 Å². The molecule has 5 nitrogen and oxygen atoms in total. The summed E-state index contributed by atoms with van der Waals surface area (Å²) >= 11 is 0. The Hall–Kier alpha value is -6.46. The van der Waals surface area contributed by atoms with E-state index in [9.17, 15) is 0 Å². The number of benzene rings is 7. The second-order valence-electron chi connectivity index (χ2n) is 12.1. The van der Waals surface area contributed by atoms with E-state index in [-0.39, 0.29) is 0 Å². The Morgan fingerprint density at radius 1 is 0.489 bits per heavy atom. The van der Waals surface area contributed by atoms with E-state index in [1.807, 2.05) is 36.4 Å². The fourth-order valence-corrected chi connectivity index (χ4v) is 7.65. The van der Waals surface area contributed by atoms with Crippen LogP contribution >= 0.6 is 0 Å². The summed E-state index contributed by atoms with van der Waals surface area (Å²) in [7, 11) is 0. The van der Waals surface area contributed by atoms with E-state index in [1.165, 1.54) is 0 Å². The number of nitrogens with zero attached hydrogens (tertiary/aromatic N) is 3. The normalized spacial score (nSPS) is 12.4. The standard InChI is InChI=1S/C42H23N3O2/c1-4-17-31-27(13-1)40(30-16-9-21-35-38(30)28-14-3-6-19-33(28)46-35)44-42(43-31)45-32-18-5-2-12-25(32)26-22-23-36-39(41(26)45)29-15-7-10-24-11-8-20-34(47-36)37(24)29/h1-23H. The second kappa shape index (κ2) is 9.05. The molecule has 0 amide bonds. The van der Waals surface area contributed by atoms with E-state index >= 15 is 0 Å². The Morgan fingerprint density at radius 3 is 2.17 bits per heavy atom. The molecule has 3 aromatic heterocycles. The SMILES string of the molecule is c1cc2c3c(cccc3c1)-c1c(ccc3c4ccccc4n(-c4nc(-c5cccc6oc7ccccc7c56)c5ccccc5n4)c13)O2. The maximum atomic E-state index is 6.62. The van der Waals surface area contributed by atoms with Crippen molar-refractivity contribution in [2.24, 2.45) is 0 Å². The van der Waals surface area contributed by atoms with Crippen LogP contribution in [0.1, 0.15) is 0 Å². The Labute approximate surface area is 267 Å². The average Bonchev–Trinajstić information content (AvgIpc) is 3.67. The zero-order valence-electron chi connectivity index (χ0n) is 24.9. The number of hydrogen-bond acceptors (Lipinski definition) is 4. The van der Waals surface area contributed by atoms with Crippen molar-refractivity contribution < 1.29 is 9.15 Å². The van der Waals surface area contributed by atoms with E-state index < -0.39 is 0 Å². The van der Waals surface area contributed by atoms with Crippen molar-refractivity contribution in [2.45, 2.75) is 0 Å². The van der Waals surface area contributed by atoms with Gasteiger partial charge in [0.15, 0.2) is 0 Å². The Balaban J connectivity index is 1.30. The molecule has 0 fully saturated rings. The lowest BCUT2D eigenvalue weighted by Crippen LogP contribution is -2.05. The zero-order valence-corrected chi connectivity index (χ0v) is 24.9. The lowest BCUT2D eigenvalue weighted by molar-refractivity contribution is 0.487. The van der Waals surface area contributed by atoms with Crippen LogP contribution in [0.25, 0.3) is 93.8 Å². The summed E-state index contributed by atoms with van der Waals surface area (Å²) in [6.07, 6.45) is 0. The van der Waals surface area contributed by atoms with Crippen LogP contribution < -0.4 is 4.74 Å². The molecule has 0 saturated carbocycles. The molecule has 0 saturated heterocycles. The molecule has 4 heterocycles. The molecule has 0 N–H and O–H groups in total. The van der Waals surface area contributed by atoms with Gasteiger partial charge in [-0.3, -0.25) is 4.57 Å². The topological polar surface area (TPSA) is 53.1 Å². The molecule has 5 heteroatoms. The highest BCUT2D eigenvalue weighted by atomic mass is 16.5. The van der Waals surface area contributed by atoms with Crippen molar-refractivity contribution in [1.82, 2.24) is 14.5 Å². The predicted molar refractivity (Wildman–Crippen MR) is 190 cm³/mol. The first-order valence-electron chi connectivity index (χ1n) is 15.8. The van der Waals surface area contributed by atoms with Crippen molar-refractivity contribution in [1.29, 1.82) is 0 Å². The van der Waals surface area contributed by atoms with E-state index in [0.29, 0.717) is 5.95 Å². The molecule has 0 radical (unpaired) electrons.